The van der Waals surface area contributed by atoms with Gasteiger partial charge < -0.3 is 0 Å². The maximum atomic E-state index is 13.0. The Bertz CT molecular complexity index is 636. The number of halogens is 2. The first kappa shape index (κ1) is 15.7. The molecule has 2 aliphatic rings. The molecule has 1 saturated carbocycles. The zero-order chi connectivity index (χ0) is 15.0. The molecule has 0 spiro atoms. The lowest BCUT2D eigenvalue weighted by Crippen LogP contribution is -2.49. The number of fused-ring (bicyclic) bond motifs is 1. The monoisotopic (exact) mass is 392 g/mol. The van der Waals surface area contributed by atoms with Crippen LogP contribution in [0.4, 0.5) is 0 Å². The predicted molar refractivity (Wildman–Crippen MR) is 85.8 cm³/mol. The molecule has 1 aromatic rings. The predicted octanol–water partition coefficient (Wildman–Crippen LogP) is 3.84. The van der Waals surface area contributed by atoms with Crippen molar-refractivity contribution in [2.75, 3.05) is 6.54 Å². The minimum absolute atomic E-state index is 0.0520. The standard InChI is InChI=1S/C14H18BrClN2O2S/c15-11-8-13(14(16)17-9-11)21(19,20)18-7-3-5-10-4-1-2-6-12(10)18/h8-10,12H,1-7H2. The average molecular weight is 394 g/mol. The van der Waals surface area contributed by atoms with Crippen molar-refractivity contribution < 1.29 is 8.42 Å². The highest BCUT2D eigenvalue weighted by Crippen LogP contribution is 2.39. The normalized spacial score (nSPS) is 27.3. The first-order chi connectivity index (χ1) is 10.00. The van der Waals surface area contributed by atoms with Gasteiger partial charge in [0, 0.05) is 23.3 Å². The van der Waals surface area contributed by atoms with Crippen molar-refractivity contribution >= 4 is 37.6 Å². The van der Waals surface area contributed by atoms with E-state index < -0.39 is 10.0 Å². The molecule has 2 heterocycles. The van der Waals surface area contributed by atoms with E-state index in [4.69, 9.17) is 11.6 Å². The van der Waals surface area contributed by atoms with E-state index in [-0.39, 0.29) is 16.1 Å². The summed E-state index contributed by atoms with van der Waals surface area (Å²) in [7, 11) is -3.58. The molecule has 2 fully saturated rings. The van der Waals surface area contributed by atoms with Crippen LogP contribution in [0.2, 0.25) is 5.15 Å². The van der Waals surface area contributed by atoms with Crippen LogP contribution < -0.4 is 0 Å². The fourth-order valence-corrected chi connectivity index (χ4v) is 6.26. The molecule has 0 aromatic carbocycles. The molecular weight excluding hydrogens is 376 g/mol. The summed E-state index contributed by atoms with van der Waals surface area (Å²) in [6.45, 7) is 0.590. The Morgan fingerprint density at radius 1 is 1.24 bits per heavy atom. The number of piperidine rings is 1. The van der Waals surface area contributed by atoms with Crippen molar-refractivity contribution in [1.29, 1.82) is 0 Å². The third-order valence-corrected chi connectivity index (χ3v) is 7.34. The van der Waals surface area contributed by atoms with Crippen LogP contribution in [0.15, 0.2) is 21.6 Å². The summed E-state index contributed by atoms with van der Waals surface area (Å²) < 4.78 is 28.3. The fraction of sp³-hybridized carbons (Fsp3) is 0.643. The van der Waals surface area contributed by atoms with E-state index in [0.717, 1.165) is 32.1 Å². The minimum atomic E-state index is -3.58. The average Bonchev–Trinajstić information content (AvgIpc) is 2.49. The molecular formula is C14H18BrClN2O2S. The van der Waals surface area contributed by atoms with Gasteiger partial charge in [-0.3, -0.25) is 0 Å². The lowest BCUT2D eigenvalue weighted by molar-refractivity contribution is 0.129. The highest BCUT2D eigenvalue weighted by atomic mass is 79.9. The van der Waals surface area contributed by atoms with Crippen LogP contribution in [-0.2, 0) is 10.0 Å². The quantitative estimate of drug-likeness (QED) is 0.717. The molecule has 2 atom stereocenters. The van der Waals surface area contributed by atoms with Gasteiger partial charge in [-0.15, -0.1) is 0 Å². The number of nitrogens with zero attached hydrogens (tertiary/aromatic N) is 2. The molecule has 0 N–H and O–H groups in total. The molecule has 3 rings (SSSR count). The molecule has 21 heavy (non-hydrogen) atoms. The Morgan fingerprint density at radius 3 is 2.76 bits per heavy atom. The second kappa shape index (κ2) is 6.14. The third-order valence-electron chi connectivity index (χ3n) is 4.55. The van der Waals surface area contributed by atoms with E-state index in [9.17, 15) is 8.42 Å². The molecule has 116 valence electrons. The van der Waals surface area contributed by atoms with E-state index in [1.165, 1.54) is 12.6 Å². The van der Waals surface area contributed by atoms with Gasteiger partial charge in [-0.25, -0.2) is 13.4 Å². The topological polar surface area (TPSA) is 50.3 Å². The number of hydrogen-bond acceptors (Lipinski definition) is 3. The summed E-state index contributed by atoms with van der Waals surface area (Å²) in [4.78, 5) is 4.07. The Hall–Kier alpha value is -0.170. The van der Waals surface area contributed by atoms with Gasteiger partial charge in [-0.1, -0.05) is 24.4 Å². The van der Waals surface area contributed by atoms with Gasteiger partial charge in [0.1, 0.15) is 10.0 Å². The van der Waals surface area contributed by atoms with Crippen LogP contribution in [0.25, 0.3) is 0 Å². The maximum absolute atomic E-state index is 13.0. The number of hydrogen-bond donors (Lipinski definition) is 0. The summed E-state index contributed by atoms with van der Waals surface area (Å²) in [5.41, 5.74) is 0. The first-order valence-corrected chi connectivity index (χ1v) is 9.94. The van der Waals surface area contributed by atoms with Crippen molar-refractivity contribution in [3.8, 4) is 0 Å². The summed E-state index contributed by atoms with van der Waals surface area (Å²) in [6, 6.07) is 1.68. The lowest BCUT2D eigenvalue weighted by atomic mass is 9.79. The Labute approximate surface area is 139 Å². The fourth-order valence-electron chi connectivity index (χ4n) is 3.59. The minimum Gasteiger partial charge on any atom is -0.242 e. The Kier molecular flexibility index (Phi) is 4.60. The number of aromatic nitrogens is 1. The molecule has 1 saturated heterocycles. The van der Waals surface area contributed by atoms with Crippen LogP contribution in [0.3, 0.4) is 0 Å². The van der Waals surface area contributed by atoms with Gasteiger partial charge in [0.05, 0.1) is 0 Å². The highest BCUT2D eigenvalue weighted by Gasteiger charge is 2.40. The van der Waals surface area contributed by atoms with Crippen LogP contribution in [0, 0.1) is 5.92 Å². The smallest absolute Gasteiger partial charge is 0.242 e. The molecule has 0 amide bonds. The van der Waals surface area contributed by atoms with Crippen molar-refractivity contribution in [3.05, 3.63) is 21.9 Å². The van der Waals surface area contributed by atoms with Gasteiger partial charge in [-0.2, -0.15) is 4.31 Å². The zero-order valence-corrected chi connectivity index (χ0v) is 14.8. The molecule has 1 aliphatic carbocycles. The number of pyridine rings is 1. The molecule has 1 aliphatic heterocycles. The summed E-state index contributed by atoms with van der Waals surface area (Å²) >= 11 is 9.31. The Balaban J connectivity index is 1.98. The second-order valence-electron chi connectivity index (χ2n) is 5.81. The van der Waals surface area contributed by atoms with Gasteiger partial charge >= 0.3 is 0 Å². The third kappa shape index (κ3) is 3.00. The molecule has 0 radical (unpaired) electrons. The van der Waals surface area contributed by atoms with Crippen molar-refractivity contribution in [2.45, 2.75) is 49.5 Å². The molecule has 7 heteroatoms. The summed E-state index contributed by atoms with van der Waals surface area (Å²) in [6.07, 6.45) is 8.01. The van der Waals surface area contributed by atoms with E-state index in [0.29, 0.717) is 16.9 Å². The van der Waals surface area contributed by atoms with Crippen molar-refractivity contribution in [3.63, 3.8) is 0 Å². The summed E-state index contributed by atoms with van der Waals surface area (Å²) in [5.74, 6) is 0.501. The van der Waals surface area contributed by atoms with Crippen LogP contribution in [0.1, 0.15) is 38.5 Å². The molecule has 2 unspecified atom stereocenters. The molecule has 4 nitrogen and oxygen atoms in total. The van der Waals surface area contributed by atoms with E-state index in [1.807, 2.05) is 0 Å². The Morgan fingerprint density at radius 2 is 1.95 bits per heavy atom. The van der Waals surface area contributed by atoms with E-state index in [2.05, 4.69) is 20.9 Å². The van der Waals surface area contributed by atoms with Gasteiger partial charge in [0.2, 0.25) is 10.0 Å². The largest absolute Gasteiger partial charge is 0.246 e. The summed E-state index contributed by atoms with van der Waals surface area (Å²) in [5, 5.41) is 0.0520. The van der Waals surface area contributed by atoms with Gasteiger partial charge in [0.15, 0.2) is 0 Å². The van der Waals surface area contributed by atoms with Crippen molar-refractivity contribution in [2.24, 2.45) is 5.92 Å². The SMILES string of the molecule is O=S(=O)(c1cc(Br)cnc1Cl)N1CCCC2CCCCC21. The number of rotatable bonds is 2. The maximum Gasteiger partial charge on any atom is 0.246 e. The van der Waals surface area contributed by atoms with Crippen LogP contribution >= 0.6 is 27.5 Å². The van der Waals surface area contributed by atoms with E-state index in [1.54, 1.807) is 10.4 Å². The second-order valence-corrected chi connectivity index (χ2v) is 8.95. The first-order valence-electron chi connectivity index (χ1n) is 7.33. The van der Waals surface area contributed by atoms with E-state index >= 15 is 0 Å². The van der Waals surface area contributed by atoms with Gasteiger partial charge in [0.25, 0.3) is 0 Å². The van der Waals surface area contributed by atoms with Crippen LogP contribution in [0.5, 0.6) is 0 Å². The molecule has 0 bridgehead atoms. The highest BCUT2D eigenvalue weighted by molar-refractivity contribution is 9.10. The zero-order valence-electron chi connectivity index (χ0n) is 11.6. The molecule has 1 aromatic heterocycles. The lowest BCUT2D eigenvalue weighted by Gasteiger charge is -2.43. The number of sulfonamides is 1. The van der Waals surface area contributed by atoms with Gasteiger partial charge in [-0.05, 0) is 53.6 Å². The van der Waals surface area contributed by atoms with Crippen molar-refractivity contribution in [1.82, 2.24) is 9.29 Å². The van der Waals surface area contributed by atoms with Crippen LogP contribution in [-0.4, -0.2) is 30.3 Å².